The standard InChI is InChI=1S/C23H16FN5O/c1-4-15-9-10-19-17(11-15)20(16-7-5-6-8-18(16)24)26-13(2)22-21(25-12-29(19)22)23-27-14(3)28-30-23/h1,5-13H,2-3H3. The summed E-state index contributed by atoms with van der Waals surface area (Å²) < 4.78 is 22.0. The molecule has 0 spiro atoms. The minimum absolute atomic E-state index is 0.319. The first-order chi connectivity index (χ1) is 14.6. The lowest BCUT2D eigenvalue weighted by Gasteiger charge is -2.12. The first kappa shape index (κ1) is 18.0. The van der Waals surface area contributed by atoms with E-state index >= 15 is 0 Å². The minimum atomic E-state index is -0.356. The predicted octanol–water partition coefficient (Wildman–Crippen LogP) is 4.26. The normalized spacial score (nSPS) is 15.0. The van der Waals surface area contributed by atoms with E-state index in [9.17, 15) is 4.39 Å². The van der Waals surface area contributed by atoms with Gasteiger partial charge in [0, 0.05) is 16.7 Å². The fraction of sp³-hybridized carbons (Fsp3) is 0.130. The highest BCUT2D eigenvalue weighted by Crippen LogP contribution is 2.36. The Balaban J connectivity index is 1.81. The molecule has 0 fully saturated rings. The summed E-state index contributed by atoms with van der Waals surface area (Å²) in [5.74, 6) is 3.13. The fourth-order valence-electron chi connectivity index (χ4n) is 3.72. The molecule has 0 saturated heterocycles. The Labute approximate surface area is 172 Å². The molecule has 0 bridgehead atoms. The van der Waals surface area contributed by atoms with E-state index in [0.717, 1.165) is 16.9 Å². The highest BCUT2D eigenvalue weighted by molar-refractivity contribution is 6.15. The number of benzene rings is 2. The van der Waals surface area contributed by atoms with Gasteiger partial charge in [-0.3, -0.25) is 9.56 Å². The molecule has 0 N–H and O–H groups in total. The van der Waals surface area contributed by atoms with Crippen LogP contribution in [0.2, 0.25) is 0 Å². The number of hydrogen-bond donors (Lipinski definition) is 0. The monoisotopic (exact) mass is 397 g/mol. The SMILES string of the molecule is C#Cc1ccc2c(c1)C(c1ccccc1F)=NC(C)c1c(-c3nc(C)no3)ncn1-2. The van der Waals surface area contributed by atoms with Crippen molar-refractivity contribution in [2.45, 2.75) is 19.9 Å². The van der Waals surface area contributed by atoms with Crippen molar-refractivity contribution >= 4 is 5.71 Å². The minimum Gasteiger partial charge on any atom is -0.332 e. The van der Waals surface area contributed by atoms with Crippen molar-refractivity contribution in [3.63, 3.8) is 0 Å². The van der Waals surface area contributed by atoms with Crippen LogP contribution in [0.3, 0.4) is 0 Å². The molecule has 5 rings (SSSR count). The van der Waals surface area contributed by atoms with Crippen molar-refractivity contribution in [2.75, 3.05) is 0 Å². The molecule has 1 aliphatic heterocycles. The Kier molecular flexibility index (Phi) is 4.07. The third kappa shape index (κ3) is 2.73. The molecule has 30 heavy (non-hydrogen) atoms. The molecule has 1 aliphatic rings. The maximum Gasteiger partial charge on any atom is 0.278 e. The van der Waals surface area contributed by atoms with E-state index in [-0.39, 0.29) is 11.9 Å². The van der Waals surface area contributed by atoms with Gasteiger partial charge in [-0.1, -0.05) is 23.2 Å². The number of aromatic nitrogens is 4. The van der Waals surface area contributed by atoms with Gasteiger partial charge in [-0.2, -0.15) is 4.98 Å². The number of halogens is 1. The van der Waals surface area contributed by atoms with Gasteiger partial charge in [0.05, 0.1) is 23.1 Å². The number of hydrogen-bond acceptors (Lipinski definition) is 5. The molecule has 2 aromatic heterocycles. The highest BCUT2D eigenvalue weighted by Gasteiger charge is 2.29. The Morgan fingerprint density at radius 1 is 1.17 bits per heavy atom. The number of imidazole rings is 1. The van der Waals surface area contributed by atoms with Crippen LogP contribution in [0.15, 0.2) is 58.3 Å². The van der Waals surface area contributed by atoms with Gasteiger partial charge in [-0.15, -0.1) is 6.42 Å². The molecule has 7 heteroatoms. The van der Waals surface area contributed by atoms with Gasteiger partial charge in [-0.25, -0.2) is 9.37 Å². The summed E-state index contributed by atoms with van der Waals surface area (Å²) in [4.78, 5) is 13.7. The van der Waals surface area contributed by atoms with Crippen LogP contribution >= 0.6 is 0 Å². The number of rotatable bonds is 2. The van der Waals surface area contributed by atoms with Crippen LogP contribution in [0.4, 0.5) is 4.39 Å². The van der Waals surface area contributed by atoms with Crippen LogP contribution in [0.1, 0.15) is 41.2 Å². The van der Waals surface area contributed by atoms with Gasteiger partial charge in [0.1, 0.15) is 12.1 Å². The molecular weight excluding hydrogens is 381 g/mol. The lowest BCUT2D eigenvalue weighted by Crippen LogP contribution is -2.09. The summed E-state index contributed by atoms with van der Waals surface area (Å²) in [7, 11) is 0. The van der Waals surface area contributed by atoms with Crippen LogP contribution in [0, 0.1) is 25.1 Å². The summed E-state index contributed by atoms with van der Waals surface area (Å²) >= 11 is 0. The summed E-state index contributed by atoms with van der Waals surface area (Å²) in [5, 5.41) is 3.87. The van der Waals surface area contributed by atoms with E-state index in [4.69, 9.17) is 15.9 Å². The second kappa shape index (κ2) is 6.78. The number of fused-ring (bicyclic) bond motifs is 3. The van der Waals surface area contributed by atoms with Crippen molar-refractivity contribution in [3.05, 3.63) is 82.8 Å². The van der Waals surface area contributed by atoms with E-state index in [1.54, 1.807) is 31.5 Å². The summed E-state index contributed by atoms with van der Waals surface area (Å²) in [6, 6.07) is 11.8. The smallest absolute Gasteiger partial charge is 0.278 e. The van der Waals surface area contributed by atoms with Gasteiger partial charge in [0.2, 0.25) is 0 Å². The highest BCUT2D eigenvalue weighted by atomic mass is 19.1. The summed E-state index contributed by atoms with van der Waals surface area (Å²) in [6.07, 6.45) is 7.32. The number of terminal acetylenes is 1. The Bertz CT molecular complexity index is 1360. The fourth-order valence-corrected chi connectivity index (χ4v) is 3.72. The van der Waals surface area contributed by atoms with Crippen LogP contribution in [0.5, 0.6) is 0 Å². The zero-order chi connectivity index (χ0) is 20.8. The Hall–Kier alpha value is -4.05. The van der Waals surface area contributed by atoms with E-state index in [1.165, 1.54) is 6.07 Å². The van der Waals surface area contributed by atoms with Crippen LogP contribution in [-0.2, 0) is 0 Å². The van der Waals surface area contributed by atoms with Gasteiger partial charge < -0.3 is 4.52 Å². The topological polar surface area (TPSA) is 69.1 Å². The van der Waals surface area contributed by atoms with Crippen molar-refractivity contribution < 1.29 is 8.91 Å². The maximum absolute atomic E-state index is 14.7. The van der Waals surface area contributed by atoms with E-state index in [1.807, 2.05) is 29.7 Å². The lowest BCUT2D eigenvalue weighted by molar-refractivity contribution is 0.424. The quantitative estimate of drug-likeness (QED) is 0.474. The van der Waals surface area contributed by atoms with Crippen LogP contribution in [-0.4, -0.2) is 25.4 Å². The molecule has 0 saturated carbocycles. The largest absolute Gasteiger partial charge is 0.332 e. The molecule has 6 nitrogen and oxygen atoms in total. The number of nitrogens with zero attached hydrogens (tertiary/aromatic N) is 5. The van der Waals surface area contributed by atoms with Gasteiger partial charge in [0.25, 0.3) is 5.89 Å². The lowest BCUT2D eigenvalue weighted by atomic mass is 9.98. The van der Waals surface area contributed by atoms with Gasteiger partial charge in [-0.05, 0) is 44.2 Å². The molecule has 146 valence electrons. The van der Waals surface area contributed by atoms with E-state index in [0.29, 0.717) is 34.2 Å². The zero-order valence-electron chi connectivity index (χ0n) is 16.3. The molecule has 4 aromatic rings. The molecule has 0 radical (unpaired) electrons. The molecule has 2 aromatic carbocycles. The van der Waals surface area contributed by atoms with E-state index in [2.05, 4.69) is 21.0 Å². The third-order valence-corrected chi connectivity index (χ3v) is 5.06. The van der Waals surface area contributed by atoms with Crippen LogP contribution in [0.25, 0.3) is 17.3 Å². The molecular formula is C23H16FN5O. The number of aryl methyl sites for hydroxylation is 1. The number of aliphatic imine (C=N–C) groups is 1. The predicted molar refractivity (Wildman–Crippen MR) is 110 cm³/mol. The molecule has 3 heterocycles. The zero-order valence-corrected chi connectivity index (χ0v) is 16.3. The Morgan fingerprint density at radius 2 is 2.00 bits per heavy atom. The third-order valence-electron chi connectivity index (χ3n) is 5.06. The molecule has 0 aliphatic carbocycles. The average Bonchev–Trinajstić information content (AvgIpc) is 3.35. The first-order valence-electron chi connectivity index (χ1n) is 9.39. The van der Waals surface area contributed by atoms with Crippen molar-refractivity contribution in [1.82, 2.24) is 19.7 Å². The van der Waals surface area contributed by atoms with Crippen LogP contribution < -0.4 is 0 Å². The van der Waals surface area contributed by atoms with Crippen molar-refractivity contribution in [3.8, 4) is 29.6 Å². The molecule has 1 unspecified atom stereocenters. The average molecular weight is 397 g/mol. The first-order valence-corrected chi connectivity index (χ1v) is 9.39. The van der Waals surface area contributed by atoms with Crippen molar-refractivity contribution in [2.24, 2.45) is 4.99 Å². The summed E-state index contributed by atoms with van der Waals surface area (Å²) in [6.45, 7) is 3.67. The molecule has 1 atom stereocenters. The second-order valence-corrected chi connectivity index (χ2v) is 7.00. The maximum atomic E-state index is 14.7. The van der Waals surface area contributed by atoms with E-state index < -0.39 is 0 Å². The van der Waals surface area contributed by atoms with Gasteiger partial charge >= 0.3 is 0 Å². The summed E-state index contributed by atoms with van der Waals surface area (Å²) in [5.41, 5.74) is 4.48. The second-order valence-electron chi connectivity index (χ2n) is 7.00. The molecule has 0 amide bonds. The van der Waals surface area contributed by atoms with Crippen molar-refractivity contribution in [1.29, 1.82) is 0 Å². The van der Waals surface area contributed by atoms with Gasteiger partial charge in [0.15, 0.2) is 11.5 Å². The Morgan fingerprint density at radius 3 is 2.73 bits per heavy atom.